The second-order valence-electron chi connectivity index (χ2n) is 8.11. The van der Waals surface area contributed by atoms with Gasteiger partial charge in [-0.3, -0.25) is 4.79 Å². The van der Waals surface area contributed by atoms with E-state index >= 15 is 0 Å². The van der Waals surface area contributed by atoms with E-state index in [9.17, 15) is 9.59 Å². The van der Waals surface area contributed by atoms with Crippen molar-refractivity contribution in [1.29, 1.82) is 0 Å². The van der Waals surface area contributed by atoms with Gasteiger partial charge in [-0.15, -0.1) is 16.4 Å². The Hall–Kier alpha value is -2.48. The second kappa shape index (κ2) is 6.30. The van der Waals surface area contributed by atoms with Crippen molar-refractivity contribution in [1.82, 2.24) is 15.0 Å². The van der Waals surface area contributed by atoms with Gasteiger partial charge in [0.1, 0.15) is 12.3 Å². The lowest BCUT2D eigenvalue weighted by Crippen LogP contribution is -2.27. The molecule has 0 bridgehead atoms. The van der Waals surface area contributed by atoms with Crippen molar-refractivity contribution in [2.45, 2.75) is 46.6 Å². The Kier molecular flexibility index (Phi) is 4.18. The van der Waals surface area contributed by atoms with Crippen LogP contribution in [0.15, 0.2) is 21.3 Å². The lowest BCUT2D eigenvalue weighted by molar-refractivity contribution is 0.0660. The van der Waals surface area contributed by atoms with Gasteiger partial charge in [0, 0.05) is 4.88 Å². The van der Waals surface area contributed by atoms with E-state index in [1.165, 1.54) is 15.6 Å². The average Bonchev–Trinajstić information content (AvgIpc) is 3.20. The van der Waals surface area contributed by atoms with Crippen molar-refractivity contribution in [2.75, 3.05) is 0 Å². The Morgan fingerprint density at radius 2 is 2.19 bits per heavy atom. The van der Waals surface area contributed by atoms with Crippen LogP contribution in [-0.4, -0.2) is 26.1 Å². The first kappa shape index (κ1) is 17.9. The minimum atomic E-state index is -1.14. The number of thiophene rings is 1. The van der Waals surface area contributed by atoms with Gasteiger partial charge >= 0.3 is 5.97 Å². The van der Waals surface area contributed by atoms with Gasteiger partial charge in [0.05, 0.1) is 5.39 Å². The van der Waals surface area contributed by atoms with Crippen molar-refractivity contribution in [3.8, 4) is 0 Å². The monoisotopic (exact) mass is 387 g/mol. The highest BCUT2D eigenvalue weighted by molar-refractivity contribution is 7.18. The fourth-order valence-corrected chi connectivity index (χ4v) is 4.93. The molecule has 8 heteroatoms. The summed E-state index contributed by atoms with van der Waals surface area (Å²) in [5.74, 6) is -0.352. The van der Waals surface area contributed by atoms with E-state index < -0.39 is 5.97 Å². The van der Waals surface area contributed by atoms with Crippen molar-refractivity contribution in [3.63, 3.8) is 0 Å². The zero-order valence-corrected chi connectivity index (χ0v) is 16.3. The molecular formula is C19H21N3O4S. The molecule has 0 fully saturated rings. The van der Waals surface area contributed by atoms with Crippen LogP contribution in [-0.2, 0) is 19.4 Å². The van der Waals surface area contributed by atoms with Crippen molar-refractivity contribution in [3.05, 3.63) is 44.4 Å². The third-order valence-corrected chi connectivity index (χ3v) is 6.48. The Morgan fingerprint density at radius 1 is 1.41 bits per heavy atom. The third kappa shape index (κ3) is 3.18. The van der Waals surface area contributed by atoms with Crippen LogP contribution in [0.1, 0.15) is 53.9 Å². The molecule has 1 N–H and O–H groups in total. The highest BCUT2D eigenvalue weighted by atomic mass is 32.1. The van der Waals surface area contributed by atoms with Gasteiger partial charge in [0.2, 0.25) is 5.76 Å². The molecule has 0 aromatic carbocycles. The standard InChI is InChI=1S/C19H21N3O4S/c1-19(2,3)10-4-6-12-14(8-10)27-16-15(12)17(23)22(21-20-16)9-11-5-7-13(26-11)18(24)25/h5,7,10H,4,6,8-9H2,1-3H3,(H,24,25). The Balaban J connectivity index is 1.70. The first-order valence-electron chi connectivity index (χ1n) is 8.94. The SMILES string of the molecule is CC(C)(C)C1CCc2c(sc3nnn(Cc4ccc(C(=O)O)o4)c(=O)c23)C1. The number of furan rings is 1. The number of aryl methyl sites for hydroxylation is 1. The number of hydrogen-bond acceptors (Lipinski definition) is 6. The molecule has 3 aromatic rings. The van der Waals surface area contributed by atoms with Crippen LogP contribution in [0.2, 0.25) is 0 Å². The molecule has 1 aliphatic carbocycles. The molecule has 4 rings (SSSR count). The summed E-state index contributed by atoms with van der Waals surface area (Å²) in [7, 11) is 0. The second-order valence-corrected chi connectivity index (χ2v) is 9.20. The lowest BCUT2D eigenvalue weighted by Gasteiger charge is -2.33. The normalized spacial score (nSPS) is 17.2. The summed E-state index contributed by atoms with van der Waals surface area (Å²) in [4.78, 5) is 25.9. The predicted octanol–water partition coefficient (Wildman–Crippen LogP) is 3.34. The topological polar surface area (TPSA) is 98.2 Å². The molecule has 1 atom stereocenters. The van der Waals surface area contributed by atoms with E-state index in [4.69, 9.17) is 9.52 Å². The average molecular weight is 387 g/mol. The number of aromatic carboxylic acids is 1. The maximum Gasteiger partial charge on any atom is 0.371 e. The first-order valence-corrected chi connectivity index (χ1v) is 9.75. The molecule has 7 nitrogen and oxygen atoms in total. The molecule has 1 unspecified atom stereocenters. The Bertz CT molecular complexity index is 1090. The van der Waals surface area contributed by atoms with Crippen LogP contribution in [0.3, 0.4) is 0 Å². The molecule has 3 aromatic heterocycles. The molecule has 0 spiro atoms. The highest BCUT2D eigenvalue weighted by Gasteiger charge is 2.32. The van der Waals surface area contributed by atoms with Crippen LogP contribution in [0.25, 0.3) is 10.2 Å². The molecule has 142 valence electrons. The maximum atomic E-state index is 13.0. The largest absolute Gasteiger partial charge is 0.475 e. The summed E-state index contributed by atoms with van der Waals surface area (Å²) >= 11 is 1.57. The smallest absolute Gasteiger partial charge is 0.371 e. The van der Waals surface area contributed by atoms with Crippen molar-refractivity contribution in [2.24, 2.45) is 11.3 Å². The number of hydrogen-bond donors (Lipinski definition) is 1. The van der Waals surface area contributed by atoms with Crippen molar-refractivity contribution < 1.29 is 14.3 Å². The number of carboxylic acids is 1. The number of aromatic nitrogens is 3. The molecule has 0 saturated heterocycles. The van der Waals surface area contributed by atoms with E-state index in [1.54, 1.807) is 17.4 Å². The zero-order valence-electron chi connectivity index (χ0n) is 15.5. The van der Waals surface area contributed by atoms with Gasteiger partial charge in [-0.1, -0.05) is 26.0 Å². The number of fused-ring (bicyclic) bond motifs is 3. The number of carbonyl (C=O) groups is 1. The van der Waals surface area contributed by atoms with Crippen LogP contribution >= 0.6 is 11.3 Å². The summed E-state index contributed by atoms with van der Waals surface area (Å²) in [6, 6.07) is 2.91. The molecule has 0 saturated carbocycles. The summed E-state index contributed by atoms with van der Waals surface area (Å²) in [6.45, 7) is 6.84. The van der Waals surface area contributed by atoms with Gasteiger partial charge in [-0.25, -0.2) is 9.48 Å². The summed E-state index contributed by atoms with van der Waals surface area (Å²) in [5, 5.41) is 17.9. The molecule has 3 heterocycles. The van der Waals surface area contributed by atoms with E-state index in [-0.39, 0.29) is 23.3 Å². The minimum Gasteiger partial charge on any atom is -0.475 e. The van der Waals surface area contributed by atoms with Crippen LogP contribution in [0, 0.1) is 11.3 Å². The Morgan fingerprint density at radius 3 is 2.85 bits per heavy atom. The lowest BCUT2D eigenvalue weighted by atomic mass is 9.72. The van der Waals surface area contributed by atoms with Gasteiger partial charge < -0.3 is 9.52 Å². The molecule has 1 aliphatic rings. The highest BCUT2D eigenvalue weighted by Crippen LogP contribution is 2.41. The van der Waals surface area contributed by atoms with Gasteiger partial charge in [0.15, 0.2) is 4.83 Å². The third-order valence-electron chi connectivity index (χ3n) is 5.34. The van der Waals surface area contributed by atoms with Crippen LogP contribution in [0.5, 0.6) is 0 Å². The fourth-order valence-electron chi connectivity index (χ4n) is 3.69. The molecule has 0 amide bonds. The van der Waals surface area contributed by atoms with Gasteiger partial charge in [-0.05, 0) is 48.3 Å². The quantitative estimate of drug-likeness (QED) is 0.740. The van der Waals surface area contributed by atoms with Crippen molar-refractivity contribution >= 4 is 27.5 Å². The maximum absolute atomic E-state index is 13.0. The van der Waals surface area contributed by atoms with E-state index in [0.717, 1.165) is 24.8 Å². The summed E-state index contributed by atoms with van der Waals surface area (Å²) in [5.41, 5.74) is 1.15. The van der Waals surface area contributed by atoms with E-state index in [2.05, 4.69) is 31.1 Å². The number of carboxylic acid groups (broad SMARTS) is 1. The zero-order chi connectivity index (χ0) is 19.3. The number of nitrogens with zero attached hydrogens (tertiary/aromatic N) is 3. The fraction of sp³-hybridized carbons (Fsp3) is 0.474. The van der Waals surface area contributed by atoms with Crippen LogP contribution < -0.4 is 5.56 Å². The number of rotatable bonds is 3. The van der Waals surface area contributed by atoms with Gasteiger partial charge in [-0.2, -0.15) is 0 Å². The van der Waals surface area contributed by atoms with Crippen LogP contribution in [0.4, 0.5) is 0 Å². The van der Waals surface area contributed by atoms with E-state index in [1.807, 2.05) is 0 Å². The molecule has 0 radical (unpaired) electrons. The van der Waals surface area contributed by atoms with Gasteiger partial charge in [0.25, 0.3) is 5.56 Å². The molecular weight excluding hydrogens is 366 g/mol. The molecule has 27 heavy (non-hydrogen) atoms. The summed E-state index contributed by atoms with van der Waals surface area (Å²) < 4.78 is 6.48. The minimum absolute atomic E-state index is 0.0598. The Labute approximate surface area is 159 Å². The van der Waals surface area contributed by atoms with E-state index in [0.29, 0.717) is 21.9 Å². The molecule has 0 aliphatic heterocycles. The predicted molar refractivity (Wildman–Crippen MR) is 101 cm³/mol. The first-order chi connectivity index (χ1) is 12.7. The summed E-state index contributed by atoms with van der Waals surface area (Å²) in [6.07, 6.45) is 2.91.